The van der Waals surface area contributed by atoms with Crippen molar-refractivity contribution in [1.82, 2.24) is 4.57 Å². The van der Waals surface area contributed by atoms with E-state index < -0.39 is 0 Å². The number of aromatic nitrogens is 1. The molecular formula is C64H42N2S. The number of nitrogens with zero attached hydrogens (tertiary/aromatic N) is 2. The molecular weight excluding hydrogens is 829 g/mol. The van der Waals surface area contributed by atoms with Gasteiger partial charge >= 0.3 is 0 Å². The van der Waals surface area contributed by atoms with Crippen molar-refractivity contribution in [3.8, 4) is 50.2 Å². The highest BCUT2D eigenvalue weighted by molar-refractivity contribution is 7.26. The van der Waals surface area contributed by atoms with Crippen LogP contribution >= 0.6 is 11.3 Å². The lowest BCUT2D eigenvalue weighted by Crippen LogP contribution is -2.13. The maximum absolute atomic E-state index is 2.50. The summed E-state index contributed by atoms with van der Waals surface area (Å²) in [7, 11) is 0. The summed E-state index contributed by atoms with van der Waals surface area (Å²) >= 11 is 1.88. The molecule has 3 heteroatoms. The molecule has 2 heterocycles. The molecule has 0 saturated heterocycles. The minimum Gasteiger partial charge on any atom is -0.309 e. The summed E-state index contributed by atoms with van der Waals surface area (Å²) in [6.07, 6.45) is 0. The summed E-state index contributed by atoms with van der Waals surface area (Å²) in [5.74, 6) is 0. The van der Waals surface area contributed by atoms with Crippen molar-refractivity contribution in [3.05, 3.63) is 255 Å². The Balaban J connectivity index is 1.04. The molecule has 0 saturated carbocycles. The molecule has 67 heavy (non-hydrogen) atoms. The fourth-order valence-corrected chi connectivity index (χ4v) is 11.5. The Morgan fingerprint density at radius 2 is 0.881 bits per heavy atom. The number of thiophene rings is 1. The Labute approximate surface area is 393 Å². The van der Waals surface area contributed by atoms with Gasteiger partial charge in [0.25, 0.3) is 0 Å². The van der Waals surface area contributed by atoms with Gasteiger partial charge in [-0.3, -0.25) is 0 Å². The summed E-state index contributed by atoms with van der Waals surface area (Å²) in [5.41, 5.74) is 16.2. The Bertz CT molecular complexity index is 3940. The van der Waals surface area contributed by atoms with Crippen LogP contribution in [0.1, 0.15) is 0 Å². The van der Waals surface area contributed by atoms with Crippen molar-refractivity contribution in [2.45, 2.75) is 0 Å². The SMILES string of the molecule is c1ccc(-c2ccc(-c3ccc4ccccc4c3)cc2N(c2ccc(-c3ccccc3-n3c4ccccc4c4ccccc43)cc2)c2ccccc2-c2cccc3c2sc2ccccc23)cc1. The molecule has 314 valence electrons. The molecule has 13 aromatic rings. The third-order valence-electron chi connectivity index (χ3n) is 13.4. The molecule has 0 N–H and O–H groups in total. The van der Waals surface area contributed by atoms with Crippen molar-refractivity contribution >= 4 is 81.1 Å². The lowest BCUT2D eigenvalue weighted by atomic mass is 9.94. The van der Waals surface area contributed by atoms with Gasteiger partial charge in [0.15, 0.2) is 0 Å². The van der Waals surface area contributed by atoms with Crippen LogP contribution in [-0.2, 0) is 0 Å². The Morgan fingerprint density at radius 1 is 0.313 bits per heavy atom. The van der Waals surface area contributed by atoms with Gasteiger partial charge in [0.1, 0.15) is 0 Å². The van der Waals surface area contributed by atoms with Crippen molar-refractivity contribution in [3.63, 3.8) is 0 Å². The molecule has 0 bridgehead atoms. The summed E-state index contributed by atoms with van der Waals surface area (Å²) in [6.45, 7) is 0. The van der Waals surface area contributed by atoms with Crippen molar-refractivity contribution in [2.75, 3.05) is 4.90 Å². The Morgan fingerprint density at radius 3 is 1.69 bits per heavy atom. The second-order valence-electron chi connectivity index (χ2n) is 17.2. The van der Waals surface area contributed by atoms with E-state index in [9.17, 15) is 0 Å². The molecule has 0 atom stereocenters. The zero-order valence-corrected chi connectivity index (χ0v) is 37.4. The molecule has 0 radical (unpaired) electrons. The van der Waals surface area contributed by atoms with Gasteiger partial charge in [-0.2, -0.15) is 0 Å². The van der Waals surface area contributed by atoms with Gasteiger partial charge in [-0.15, -0.1) is 11.3 Å². The molecule has 0 amide bonds. The van der Waals surface area contributed by atoms with Gasteiger partial charge in [-0.05, 0) is 87.6 Å². The monoisotopic (exact) mass is 870 g/mol. The first kappa shape index (κ1) is 38.9. The van der Waals surface area contributed by atoms with Gasteiger partial charge < -0.3 is 9.47 Å². The quantitative estimate of drug-likeness (QED) is 0.148. The summed E-state index contributed by atoms with van der Waals surface area (Å²) in [6, 6.07) is 93.3. The molecule has 0 aliphatic heterocycles. The molecule has 0 spiro atoms. The van der Waals surface area contributed by atoms with Crippen molar-refractivity contribution in [2.24, 2.45) is 0 Å². The highest BCUT2D eigenvalue weighted by Crippen LogP contribution is 2.49. The largest absolute Gasteiger partial charge is 0.309 e. The van der Waals surface area contributed by atoms with Crippen molar-refractivity contribution < 1.29 is 0 Å². The highest BCUT2D eigenvalue weighted by atomic mass is 32.1. The lowest BCUT2D eigenvalue weighted by Gasteiger charge is -2.31. The molecule has 13 rings (SSSR count). The lowest BCUT2D eigenvalue weighted by molar-refractivity contribution is 1.18. The third-order valence-corrected chi connectivity index (χ3v) is 14.6. The van der Waals surface area contributed by atoms with Gasteiger partial charge in [0.2, 0.25) is 0 Å². The molecule has 0 unspecified atom stereocenters. The van der Waals surface area contributed by atoms with Crippen LogP contribution in [0.25, 0.3) is 103 Å². The zero-order valence-electron chi connectivity index (χ0n) is 36.6. The average molecular weight is 871 g/mol. The Kier molecular flexibility index (Phi) is 9.40. The van der Waals surface area contributed by atoms with E-state index in [4.69, 9.17) is 0 Å². The third kappa shape index (κ3) is 6.63. The first-order valence-corrected chi connectivity index (χ1v) is 23.7. The van der Waals surface area contributed by atoms with Gasteiger partial charge in [0.05, 0.1) is 28.1 Å². The molecule has 2 nitrogen and oxygen atoms in total. The second kappa shape index (κ2) is 16.2. The van der Waals surface area contributed by atoms with Crippen LogP contribution in [0.4, 0.5) is 17.1 Å². The van der Waals surface area contributed by atoms with Crippen molar-refractivity contribution in [1.29, 1.82) is 0 Å². The summed E-state index contributed by atoms with van der Waals surface area (Å²) < 4.78 is 5.02. The normalized spacial score (nSPS) is 11.6. The van der Waals surface area contributed by atoms with E-state index in [2.05, 4.69) is 264 Å². The number of benzene rings is 11. The van der Waals surface area contributed by atoms with Crippen LogP contribution in [-0.4, -0.2) is 4.57 Å². The first-order valence-electron chi connectivity index (χ1n) is 22.9. The number of para-hydroxylation sites is 4. The molecule has 0 fully saturated rings. The fourth-order valence-electron chi connectivity index (χ4n) is 10.3. The molecule has 0 aliphatic carbocycles. The standard InChI is InChI=1S/C64H42N2S/c1-2-18-44(19-3-1)51-40-37-48(47-34-33-43-17-4-5-20-46(43)41-47)42-62(51)65(59-29-12-9-24-54(59)56-26-16-27-57-55-25-10-15-32-63(55)67-64(56)57)49-38-35-45(36-39-49)50-21-6-11-28-58(50)66-60-30-13-7-22-52(60)53-23-8-14-31-61(53)66/h1-42H. The molecule has 11 aromatic carbocycles. The minimum atomic E-state index is 1.07. The van der Waals surface area contributed by atoms with E-state index in [0.717, 1.165) is 45.0 Å². The number of rotatable bonds is 8. The molecule has 0 aliphatic rings. The van der Waals surface area contributed by atoms with Crippen LogP contribution in [0.5, 0.6) is 0 Å². The van der Waals surface area contributed by atoms with Gasteiger partial charge in [0, 0.05) is 58.9 Å². The topological polar surface area (TPSA) is 8.17 Å². The van der Waals surface area contributed by atoms with Crippen LogP contribution < -0.4 is 4.90 Å². The molecule has 2 aromatic heterocycles. The van der Waals surface area contributed by atoms with E-state index in [1.807, 2.05) is 11.3 Å². The predicted octanol–water partition coefficient (Wildman–Crippen LogP) is 18.4. The smallest absolute Gasteiger partial charge is 0.0546 e. The van der Waals surface area contributed by atoms with E-state index >= 15 is 0 Å². The van der Waals surface area contributed by atoms with Gasteiger partial charge in [-0.25, -0.2) is 0 Å². The maximum atomic E-state index is 2.50. The fraction of sp³-hybridized carbons (Fsp3) is 0. The predicted molar refractivity (Wildman–Crippen MR) is 288 cm³/mol. The Hall–Kier alpha value is -8.50. The van der Waals surface area contributed by atoms with E-state index in [1.165, 1.54) is 75.0 Å². The second-order valence-corrected chi connectivity index (χ2v) is 18.3. The number of hydrogen-bond acceptors (Lipinski definition) is 2. The van der Waals surface area contributed by atoms with Crippen LogP contribution in [0.3, 0.4) is 0 Å². The number of hydrogen-bond donors (Lipinski definition) is 0. The van der Waals surface area contributed by atoms with E-state index in [-0.39, 0.29) is 0 Å². The first-order chi connectivity index (χ1) is 33.2. The van der Waals surface area contributed by atoms with Crippen LogP contribution in [0, 0.1) is 0 Å². The summed E-state index contributed by atoms with van der Waals surface area (Å²) in [4.78, 5) is 2.50. The van der Waals surface area contributed by atoms with Crippen LogP contribution in [0.2, 0.25) is 0 Å². The van der Waals surface area contributed by atoms with E-state index in [1.54, 1.807) is 0 Å². The van der Waals surface area contributed by atoms with E-state index in [0.29, 0.717) is 0 Å². The van der Waals surface area contributed by atoms with Gasteiger partial charge in [-0.1, -0.05) is 200 Å². The summed E-state index contributed by atoms with van der Waals surface area (Å²) in [5, 5.41) is 7.55. The average Bonchev–Trinajstić information content (AvgIpc) is 3.95. The highest BCUT2D eigenvalue weighted by Gasteiger charge is 2.24. The minimum absolute atomic E-state index is 1.07. The van der Waals surface area contributed by atoms with Crippen LogP contribution in [0.15, 0.2) is 255 Å². The maximum Gasteiger partial charge on any atom is 0.0546 e. The number of fused-ring (bicyclic) bond motifs is 7. The number of anilines is 3. The zero-order chi connectivity index (χ0) is 44.3.